The van der Waals surface area contributed by atoms with Gasteiger partial charge in [0, 0.05) is 26.7 Å². The van der Waals surface area contributed by atoms with E-state index in [-0.39, 0.29) is 24.5 Å². The maximum atomic E-state index is 12.9. The number of hydrogen-bond acceptors (Lipinski definition) is 3. The number of hydrogen-bond donors (Lipinski definition) is 1. The van der Waals surface area contributed by atoms with Gasteiger partial charge in [0.1, 0.15) is 0 Å². The van der Waals surface area contributed by atoms with Crippen molar-refractivity contribution in [1.29, 1.82) is 0 Å². The second-order valence-corrected chi connectivity index (χ2v) is 7.50. The Morgan fingerprint density at radius 2 is 1.83 bits per heavy atom. The minimum Gasteiger partial charge on any atom is -0.392 e. The minimum absolute atomic E-state index is 0.0284. The molecule has 1 aliphatic rings. The van der Waals surface area contributed by atoms with Gasteiger partial charge >= 0.3 is 6.18 Å². The summed E-state index contributed by atoms with van der Waals surface area (Å²) in [6.45, 7) is 1.94. The van der Waals surface area contributed by atoms with Gasteiger partial charge in [-0.2, -0.15) is 13.2 Å². The normalized spacial score (nSPS) is 18.6. The van der Waals surface area contributed by atoms with Crippen molar-refractivity contribution in [3.05, 3.63) is 71.3 Å². The second kappa shape index (κ2) is 8.97. The van der Waals surface area contributed by atoms with E-state index in [2.05, 4.69) is 4.90 Å². The fourth-order valence-electron chi connectivity index (χ4n) is 3.63. The van der Waals surface area contributed by atoms with Crippen LogP contribution in [0.3, 0.4) is 0 Å². The summed E-state index contributed by atoms with van der Waals surface area (Å²) in [6, 6.07) is 14.1. The topological polar surface area (TPSA) is 43.8 Å². The number of aliphatic hydroxyl groups excluding tert-OH is 1. The molecule has 1 heterocycles. The van der Waals surface area contributed by atoms with Gasteiger partial charge in [-0.3, -0.25) is 9.69 Å². The Kier molecular flexibility index (Phi) is 6.59. The first-order valence-electron chi connectivity index (χ1n) is 9.61. The molecule has 1 saturated heterocycles. The van der Waals surface area contributed by atoms with E-state index in [0.29, 0.717) is 25.1 Å². The maximum absolute atomic E-state index is 12.9. The molecular weight excluding hydrogens is 381 g/mol. The summed E-state index contributed by atoms with van der Waals surface area (Å²) in [5, 5.41) is 9.80. The molecule has 0 spiro atoms. The fourth-order valence-corrected chi connectivity index (χ4v) is 3.63. The van der Waals surface area contributed by atoms with E-state index in [1.165, 1.54) is 12.1 Å². The van der Waals surface area contributed by atoms with Crippen LogP contribution in [0.1, 0.15) is 29.2 Å². The molecule has 1 aliphatic heterocycles. The van der Waals surface area contributed by atoms with Crippen LogP contribution in [0.15, 0.2) is 54.6 Å². The highest BCUT2D eigenvalue weighted by Gasteiger charge is 2.31. The standard InChI is InChI=1S/C22H25F3N2O2/c1-26(21(29)13-16-7-9-18(10-8-16)22(23,24)25)20(17-5-3-2-4-6-17)15-27-12-11-19(28)14-27/h2-10,19-20,28H,11-15H2,1H3/t19-,20+/m0/s1. The molecule has 1 amide bonds. The van der Waals surface area contributed by atoms with Gasteiger partial charge in [0.05, 0.1) is 24.1 Å². The van der Waals surface area contributed by atoms with Crippen LogP contribution in [0, 0.1) is 0 Å². The van der Waals surface area contributed by atoms with Crippen molar-refractivity contribution in [1.82, 2.24) is 9.80 Å². The molecule has 0 saturated carbocycles. The summed E-state index contributed by atoms with van der Waals surface area (Å²) in [4.78, 5) is 16.7. The van der Waals surface area contributed by atoms with Crippen molar-refractivity contribution in [2.75, 3.05) is 26.7 Å². The second-order valence-electron chi connectivity index (χ2n) is 7.50. The fraction of sp³-hybridized carbons (Fsp3) is 0.409. The average Bonchev–Trinajstić information content (AvgIpc) is 3.11. The van der Waals surface area contributed by atoms with Crippen molar-refractivity contribution < 1.29 is 23.1 Å². The third-order valence-corrected chi connectivity index (χ3v) is 5.36. The molecule has 2 atom stereocenters. The Morgan fingerprint density at radius 3 is 2.38 bits per heavy atom. The zero-order valence-electron chi connectivity index (χ0n) is 16.3. The number of carbonyl (C=O) groups excluding carboxylic acids is 1. The van der Waals surface area contributed by atoms with Crippen LogP contribution < -0.4 is 0 Å². The lowest BCUT2D eigenvalue weighted by Crippen LogP contribution is -2.39. The number of likely N-dealkylation sites (N-methyl/N-ethyl adjacent to an activating group) is 1. The number of halogens is 3. The molecule has 2 aromatic carbocycles. The highest BCUT2D eigenvalue weighted by Crippen LogP contribution is 2.29. The quantitative estimate of drug-likeness (QED) is 0.799. The van der Waals surface area contributed by atoms with E-state index in [9.17, 15) is 23.1 Å². The minimum atomic E-state index is -4.39. The number of β-amino-alcohol motifs (C(OH)–C–C–N with tert-alkyl or cyclic N) is 1. The first kappa shape index (κ1) is 21.3. The summed E-state index contributed by atoms with van der Waals surface area (Å²) in [7, 11) is 1.72. The van der Waals surface area contributed by atoms with Gasteiger partial charge in [0.2, 0.25) is 5.91 Å². The molecule has 7 heteroatoms. The average molecular weight is 406 g/mol. The molecule has 0 aromatic heterocycles. The molecule has 0 bridgehead atoms. The summed E-state index contributed by atoms with van der Waals surface area (Å²) < 4.78 is 38.2. The highest BCUT2D eigenvalue weighted by molar-refractivity contribution is 5.79. The van der Waals surface area contributed by atoms with Crippen LogP contribution >= 0.6 is 0 Å². The number of carbonyl (C=O) groups is 1. The maximum Gasteiger partial charge on any atom is 0.416 e. The molecule has 3 rings (SSSR count). The number of nitrogens with zero attached hydrogens (tertiary/aromatic N) is 2. The lowest BCUT2D eigenvalue weighted by atomic mass is 10.0. The molecule has 2 aromatic rings. The Balaban J connectivity index is 1.72. The predicted octanol–water partition coefficient (Wildman–Crippen LogP) is 3.51. The molecule has 1 fully saturated rings. The Hall–Kier alpha value is -2.38. The van der Waals surface area contributed by atoms with Crippen molar-refractivity contribution in [3.8, 4) is 0 Å². The Morgan fingerprint density at radius 1 is 1.17 bits per heavy atom. The van der Waals surface area contributed by atoms with Crippen LogP contribution in [-0.2, 0) is 17.4 Å². The van der Waals surface area contributed by atoms with Crippen molar-refractivity contribution in [2.24, 2.45) is 0 Å². The number of rotatable bonds is 6. The van der Waals surface area contributed by atoms with Crippen LogP contribution in [0.4, 0.5) is 13.2 Å². The third kappa shape index (κ3) is 5.58. The highest BCUT2D eigenvalue weighted by atomic mass is 19.4. The lowest BCUT2D eigenvalue weighted by Gasteiger charge is -2.32. The largest absolute Gasteiger partial charge is 0.416 e. The van der Waals surface area contributed by atoms with Gasteiger partial charge < -0.3 is 10.0 Å². The van der Waals surface area contributed by atoms with Crippen molar-refractivity contribution in [2.45, 2.75) is 31.2 Å². The molecule has 0 aliphatic carbocycles. The van der Waals surface area contributed by atoms with Gasteiger partial charge in [-0.15, -0.1) is 0 Å². The zero-order chi connectivity index (χ0) is 21.0. The van der Waals surface area contributed by atoms with Gasteiger partial charge in [-0.25, -0.2) is 0 Å². The van der Waals surface area contributed by atoms with E-state index in [1.807, 2.05) is 30.3 Å². The summed E-state index contributed by atoms with van der Waals surface area (Å²) in [5.41, 5.74) is 0.798. The SMILES string of the molecule is CN(C(=O)Cc1ccc(C(F)(F)F)cc1)[C@H](CN1CC[C@H](O)C1)c1ccccc1. The number of benzene rings is 2. The first-order valence-corrected chi connectivity index (χ1v) is 9.61. The van der Waals surface area contributed by atoms with Crippen LogP contribution in [0.2, 0.25) is 0 Å². The third-order valence-electron chi connectivity index (χ3n) is 5.36. The van der Waals surface area contributed by atoms with Gasteiger partial charge in [0.25, 0.3) is 0 Å². The monoisotopic (exact) mass is 406 g/mol. The molecule has 4 nitrogen and oxygen atoms in total. The van der Waals surface area contributed by atoms with Crippen LogP contribution in [-0.4, -0.2) is 53.6 Å². The van der Waals surface area contributed by atoms with Gasteiger partial charge in [-0.05, 0) is 29.7 Å². The van der Waals surface area contributed by atoms with E-state index in [0.717, 1.165) is 24.2 Å². The predicted molar refractivity (Wildman–Crippen MR) is 104 cm³/mol. The molecule has 156 valence electrons. The van der Waals surface area contributed by atoms with E-state index < -0.39 is 11.7 Å². The van der Waals surface area contributed by atoms with Crippen molar-refractivity contribution >= 4 is 5.91 Å². The number of likely N-dealkylation sites (tertiary alicyclic amines) is 1. The number of amides is 1. The smallest absolute Gasteiger partial charge is 0.392 e. The summed E-state index contributed by atoms with van der Waals surface area (Å²) in [6.07, 6.45) is -4.00. The van der Waals surface area contributed by atoms with Gasteiger partial charge in [-0.1, -0.05) is 42.5 Å². The molecular formula is C22H25F3N2O2. The number of alkyl halides is 3. The first-order chi connectivity index (χ1) is 13.7. The summed E-state index contributed by atoms with van der Waals surface area (Å²) >= 11 is 0. The van der Waals surface area contributed by atoms with Crippen molar-refractivity contribution in [3.63, 3.8) is 0 Å². The van der Waals surface area contributed by atoms with E-state index in [4.69, 9.17) is 0 Å². The summed E-state index contributed by atoms with van der Waals surface area (Å²) in [5.74, 6) is -0.168. The number of aliphatic hydroxyl groups is 1. The lowest BCUT2D eigenvalue weighted by molar-refractivity contribution is -0.137. The Bertz CT molecular complexity index is 809. The molecule has 0 radical (unpaired) electrons. The van der Waals surface area contributed by atoms with Crippen LogP contribution in [0.5, 0.6) is 0 Å². The molecule has 1 N–H and O–H groups in total. The van der Waals surface area contributed by atoms with E-state index in [1.54, 1.807) is 11.9 Å². The zero-order valence-corrected chi connectivity index (χ0v) is 16.3. The van der Waals surface area contributed by atoms with Gasteiger partial charge in [0.15, 0.2) is 0 Å². The van der Waals surface area contributed by atoms with Crippen LogP contribution in [0.25, 0.3) is 0 Å². The molecule has 29 heavy (non-hydrogen) atoms. The van der Waals surface area contributed by atoms with E-state index >= 15 is 0 Å². The molecule has 0 unspecified atom stereocenters. The Labute approximate surface area is 168 Å².